The molecule has 6 heteroatoms. The molecule has 0 aliphatic heterocycles. The lowest BCUT2D eigenvalue weighted by atomic mass is 10.0. The van der Waals surface area contributed by atoms with Crippen LogP contribution >= 0.6 is 11.6 Å². The molecule has 0 saturated carbocycles. The van der Waals surface area contributed by atoms with E-state index in [2.05, 4.69) is 40.4 Å². The molecule has 27 heavy (non-hydrogen) atoms. The summed E-state index contributed by atoms with van der Waals surface area (Å²) in [4.78, 5) is 19.5. The molecule has 0 aliphatic rings. The van der Waals surface area contributed by atoms with Crippen molar-refractivity contribution >= 4 is 23.5 Å². The van der Waals surface area contributed by atoms with Crippen molar-refractivity contribution in [1.82, 2.24) is 9.97 Å². The first kappa shape index (κ1) is 18.9. The van der Waals surface area contributed by atoms with Gasteiger partial charge >= 0.3 is 5.97 Å². The highest BCUT2D eigenvalue weighted by Crippen LogP contribution is 2.25. The standard InChI is InChI=1S/C21H20ClN3O2/c1-14-3-2-4-15(9-14)11-23-21-24-12-18(13-25-21)16-5-7-19(22)17(10-16)6-8-20(26)27/h2-5,7,9-10,12-13H,6,8,11H2,1H3,(H,26,27)(H,23,24,25). The van der Waals surface area contributed by atoms with Gasteiger partial charge in [-0.15, -0.1) is 0 Å². The van der Waals surface area contributed by atoms with Crippen LogP contribution in [0.15, 0.2) is 54.9 Å². The van der Waals surface area contributed by atoms with Gasteiger partial charge in [0.1, 0.15) is 0 Å². The zero-order valence-electron chi connectivity index (χ0n) is 14.9. The van der Waals surface area contributed by atoms with Crippen LogP contribution in [0.1, 0.15) is 23.1 Å². The van der Waals surface area contributed by atoms with Gasteiger partial charge in [0, 0.05) is 35.9 Å². The SMILES string of the molecule is Cc1cccc(CNc2ncc(-c3ccc(Cl)c(CCC(=O)O)c3)cn2)c1. The maximum Gasteiger partial charge on any atom is 0.303 e. The van der Waals surface area contributed by atoms with E-state index in [1.54, 1.807) is 18.5 Å². The molecule has 138 valence electrons. The first-order valence-electron chi connectivity index (χ1n) is 8.63. The van der Waals surface area contributed by atoms with E-state index >= 15 is 0 Å². The average Bonchev–Trinajstić information content (AvgIpc) is 2.66. The van der Waals surface area contributed by atoms with Crippen LogP contribution in [0.3, 0.4) is 0 Å². The fraction of sp³-hybridized carbons (Fsp3) is 0.190. The van der Waals surface area contributed by atoms with Crippen LogP contribution in [0, 0.1) is 6.92 Å². The number of aryl methyl sites for hydroxylation is 2. The summed E-state index contributed by atoms with van der Waals surface area (Å²) < 4.78 is 0. The Balaban J connectivity index is 1.69. The van der Waals surface area contributed by atoms with Crippen LogP contribution < -0.4 is 5.32 Å². The van der Waals surface area contributed by atoms with E-state index in [0.717, 1.165) is 16.7 Å². The molecule has 0 fully saturated rings. The van der Waals surface area contributed by atoms with Gasteiger partial charge < -0.3 is 10.4 Å². The Morgan fingerprint density at radius 1 is 1.11 bits per heavy atom. The normalized spacial score (nSPS) is 10.6. The summed E-state index contributed by atoms with van der Waals surface area (Å²) in [5.74, 6) is -0.288. The molecule has 2 aromatic carbocycles. The van der Waals surface area contributed by atoms with Crippen molar-refractivity contribution in [3.63, 3.8) is 0 Å². The number of nitrogens with zero attached hydrogens (tertiary/aromatic N) is 2. The molecule has 3 aromatic rings. The lowest BCUT2D eigenvalue weighted by molar-refractivity contribution is -0.136. The average molecular weight is 382 g/mol. The van der Waals surface area contributed by atoms with Gasteiger partial charge in [0.25, 0.3) is 0 Å². The van der Waals surface area contributed by atoms with Crippen LogP contribution in [-0.4, -0.2) is 21.0 Å². The second-order valence-corrected chi connectivity index (χ2v) is 6.75. The summed E-state index contributed by atoms with van der Waals surface area (Å²) in [7, 11) is 0. The number of carboxylic acids is 1. The van der Waals surface area contributed by atoms with E-state index in [1.807, 2.05) is 18.2 Å². The molecule has 1 heterocycles. The molecule has 0 unspecified atom stereocenters. The van der Waals surface area contributed by atoms with Crippen LogP contribution in [-0.2, 0) is 17.8 Å². The minimum Gasteiger partial charge on any atom is -0.481 e. The van der Waals surface area contributed by atoms with E-state index in [4.69, 9.17) is 16.7 Å². The van der Waals surface area contributed by atoms with Gasteiger partial charge in [0.05, 0.1) is 0 Å². The van der Waals surface area contributed by atoms with E-state index in [0.29, 0.717) is 23.9 Å². The lowest BCUT2D eigenvalue weighted by Gasteiger charge is -2.09. The van der Waals surface area contributed by atoms with Gasteiger partial charge in [0.15, 0.2) is 0 Å². The van der Waals surface area contributed by atoms with Crippen LogP contribution in [0.4, 0.5) is 5.95 Å². The minimum atomic E-state index is -0.844. The molecule has 2 N–H and O–H groups in total. The van der Waals surface area contributed by atoms with Crippen molar-refractivity contribution in [2.75, 3.05) is 5.32 Å². The second kappa shape index (κ2) is 8.64. The summed E-state index contributed by atoms with van der Waals surface area (Å²) in [6.07, 6.45) is 3.92. The number of halogens is 1. The summed E-state index contributed by atoms with van der Waals surface area (Å²) in [6.45, 7) is 2.72. The fourth-order valence-corrected chi connectivity index (χ4v) is 2.97. The fourth-order valence-electron chi connectivity index (χ4n) is 2.76. The molecule has 1 aromatic heterocycles. The Hall–Kier alpha value is -2.92. The van der Waals surface area contributed by atoms with E-state index in [-0.39, 0.29) is 6.42 Å². The molecule has 3 rings (SSSR count). The van der Waals surface area contributed by atoms with Gasteiger partial charge in [-0.05, 0) is 42.2 Å². The largest absolute Gasteiger partial charge is 0.481 e. The predicted molar refractivity (Wildman–Crippen MR) is 107 cm³/mol. The lowest BCUT2D eigenvalue weighted by Crippen LogP contribution is -2.03. The quantitative estimate of drug-likeness (QED) is 0.618. The molecular weight excluding hydrogens is 362 g/mol. The Morgan fingerprint density at radius 2 is 1.89 bits per heavy atom. The van der Waals surface area contributed by atoms with Gasteiger partial charge in [-0.2, -0.15) is 0 Å². The van der Waals surface area contributed by atoms with Gasteiger partial charge in [0.2, 0.25) is 5.95 Å². The number of nitrogens with one attached hydrogen (secondary N) is 1. The molecule has 0 radical (unpaired) electrons. The Morgan fingerprint density at radius 3 is 2.59 bits per heavy atom. The van der Waals surface area contributed by atoms with Gasteiger partial charge in [-0.1, -0.05) is 47.5 Å². The number of carboxylic acid groups (broad SMARTS) is 1. The second-order valence-electron chi connectivity index (χ2n) is 6.34. The van der Waals surface area contributed by atoms with Crippen molar-refractivity contribution in [1.29, 1.82) is 0 Å². The Kier molecular flexibility index (Phi) is 6.04. The molecule has 0 atom stereocenters. The molecule has 0 bridgehead atoms. The van der Waals surface area contributed by atoms with Gasteiger partial charge in [-0.25, -0.2) is 9.97 Å². The third-order valence-electron chi connectivity index (χ3n) is 4.17. The Bertz CT molecular complexity index is 942. The first-order valence-corrected chi connectivity index (χ1v) is 9.01. The van der Waals surface area contributed by atoms with E-state index < -0.39 is 5.97 Å². The summed E-state index contributed by atoms with van der Waals surface area (Å²) >= 11 is 6.17. The third kappa shape index (κ3) is 5.28. The first-order chi connectivity index (χ1) is 13.0. The van der Waals surface area contributed by atoms with E-state index in [1.165, 1.54) is 11.1 Å². The van der Waals surface area contributed by atoms with Crippen LogP contribution in [0.25, 0.3) is 11.1 Å². The number of rotatable bonds is 7. The molecule has 5 nitrogen and oxygen atoms in total. The summed E-state index contributed by atoms with van der Waals surface area (Å²) in [5, 5.41) is 12.6. The molecule has 0 amide bonds. The van der Waals surface area contributed by atoms with Crippen molar-refractivity contribution in [2.24, 2.45) is 0 Å². The van der Waals surface area contributed by atoms with Crippen molar-refractivity contribution in [3.05, 3.63) is 76.6 Å². The maximum absolute atomic E-state index is 10.8. The molecule has 0 aliphatic carbocycles. The number of aliphatic carboxylic acids is 1. The van der Waals surface area contributed by atoms with Crippen LogP contribution in [0.2, 0.25) is 5.02 Å². The number of anilines is 1. The van der Waals surface area contributed by atoms with Gasteiger partial charge in [-0.3, -0.25) is 4.79 Å². The van der Waals surface area contributed by atoms with Crippen molar-refractivity contribution in [2.45, 2.75) is 26.3 Å². The molecule has 0 saturated heterocycles. The number of hydrogen-bond acceptors (Lipinski definition) is 4. The van der Waals surface area contributed by atoms with E-state index in [9.17, 15) is 4.79 Å². The number of hydrogen-bond donors (Lipinski definition) is 2. The highest BCUT2D eigenvalue weighted by Gasteiger charge is 2.07. The predicted octanol–water partition coefficient (Wildman–Crippen LogP) is 4.73. The van der Waals surface area contributed by atoms with Crippen molar-refractivity contribution < 1.29 is 9.90 Å². The summed E-state index contributed by atoms with van der Waals surface area (Å²) in [5.41, 5.74) is 4.95. The smallest absolute Gasteiger partial charge is 0.303 e. The molecule has 0 spiro atoms. The number of aromatic nitrogens is 2. The monoisotopic (exact) mass is 381 g/mol. The Labute approximate surface area is 163 Å². The highest BCUT2D eigenvalue weighted by atomic mass is 35.5. The van der Waals surface area contributed by atoms with Crippen LogP contribution in [0.5, 0.6) is 0 Å². The third-order valence-corrected chi connectivity index (χ3v) is 4.54. The van der Waals surface area contributed by atoms with Crippen molar-refractivity contribution in [3.8, 4) is 11.1 Å². The zero-order valence-corrected chi connectivity index (χ0v) is 15.7. The number of benzene rings is 2. The topological polar surface area (TPSA) is 75.1 Å². The summed E-state index contributed by atoms with van der Waals surface area (Å²) in [6, 6.07) is 13.8. The number of carbonyl (C=O) groups is 1. The highest BCUT2D eigenvalue weighted by molar-refractivity contribution is 6.31. The molecular formula is C21H20ClN3O2. The maximum atomic E-state index is 10.8. The zero-order chi connectivity index (χ0) is 19.2. The minimum absolute atomic E-state index is 0.0431.